The fraction of sp³-hybridized carbons (Fsp3) is 0.143. The van der Waals surface area contributed by atoms with Crippen LogP contribution in [0.2, 0.25) is 0 Å². The SMILES string of the molecule is CC(C)(C)c1cc(-c2ccccc2)c(O)c(-c2nc(-c3cccc4ccccc34)no2)c1. The maximum atomic E-state index is 11.2. The van der Waals surface area contributed by atoms with E-state index in [1.807, 2.05) is 72.8 Å². The second-order valence-electron chi connectivity index (χ2n) is 8.99. The van der Waals surface area contributed by atoms with E-state index in [2.05, 4.69) is 43.0 Å². The molecule has 4 nitrogen and oxygen atoms in total. The Labute approximate surface area is 187 Å². The highest BCUT2D eigenvalue weighted by atomic mass is 16.5. The van der Waals surface area contributed by atoms with Gasteiger partial charge in [-0.15, -0.1) is 0 Å². The van der Waals surface area contributed by atoms with E-state index in [1.54, 1.807) is 0 Å². The average Bonchev–Trinajstić information content (AvgIpc) is 3.28. The third-order valence-corrected chi connectivity index (χ3v) is 5.75. The minimum Gasteiger partial charge on any atom is -0.506 e. The summed E-state index contributed by atoms with van der Waals surface area (Å²) in [7, 11) is 0. The van der Waals surface area contributed by atoms with Crippen molar-refractivity contribution in [2.75, 3.05) is 0 Å². The zero-order chi connectivity index (χ0) is 22.3. The number of hydrogen-bond donors (Lipinski definition) is 1. The van der Waals surface area contributed by atoms with Crippen molar-refractivity contribution in [1.29, 1.82) is 0 Å². The minimum absolute atomic E-state index is 0.121. The Hall–Kier alpha value is -3.92. The molecule has 0 radical (unpaired) electrons. The molecule has 158 valence electrons. The zero-order valence-electron chi connectivity index (χ0n) is 18.3. The monoisotopic (exact) mass is 420 g/mol. The van der Waals surface area contributed by atoms with E-state index in [0.29, 0.717) is 17.3 Å². The lowest BCUT2D eigenvalue weighted by Crippen LogP contribution is -2.11. The Balaban J connectivity index is 1.68. The van der Waals surface area contributed by atoms with Gasteiger partial charge in [-0.25, -0.2) is 0 Å². The number of fused-ring (bicyclic) bond motifs is 1. The number of benzene rings is 4. The normalized spacial score (nSPS) is 11.7. The lowest BCUT2D eigenvalue weighted by atomic mass is 9.83. The molecule has 0 unspecified atom stereocenters. The first-order chi connectivity index (χ1) is 15.4. The highest BCUT2D eigenvalue weighted by molar-refractivity contribution is 5.95. The predicted octanol–water partition coefficient (Wildman–Crippen LogP) is 7.23. The fourth-order valence-corrected chi connectivity index (χ4v) is 3.93. The molecule has 0 atom stereocenters. The molecule has 0 saturated carbocycles. The van der Waals surface area contributed by atoms with Crippen LogP contribution >= 0.6 is 0 Å². The second-order valence-corrected chi connectivity index (χ2v) is 8.99. The Morgan fingerprint density at radius 3 is 2.22 bits per heavy atom. The van der Waals surface area contributed by atoms with E-state index in [0.717, 1.165) is 33.0 Å². The van der Waals surface area contributed by atoms with Gasteiger partial charge in [0.05, 0.1) is 5.56 Å². The molecule has 0 saturated heterocycles. The second kappa shape index (κ2) is 7.65. The van der Waals surface area contributed by atoms with Crippen LogP contribution in [0, 0.1) is 0 Å². The summed E-state index contributed by atoms with van der Waals surface area (Å²) in [6.45, 7) is 6.44. The number of aromatic hydroxyl groups is 1. The highest BCUT2D eigenvalue weighted by Gasteiger charge is 2.23. The molecule has 0 aliphatic heterocycles. The van der Waals surface area contributed by atoms with E-state index in [4.69, 9.17) is 4.52 Å². The van der Waals surface area contributed by atoms with Crippen LogP contribution in [0.4, 0.5) is 0 Å². The number of phenols is 1. The smallest absolute Gasteiger partial charge is 0.262 e. The van der Waals surface area contributed by atoms with Crippen LogP contribution in [0.1, 0.15) is 26.3 Å². The number of aromatic nitrogens is 2. The van der Waals surface area contributed by atoms with Gasteiger partial charge < -0.3 is 9.63 Å². The molecule has 5 rings (SSSR count). The first-order valence-electron chi connectivity index (χ1n) is 10.7. The summed E-state index contributed by atoms with van der Waals surface area (Å²) in [6, 6.07) is 28.0. The Morgan fingerprint density at radius 1 is 0.750 bits per heavy atom. The predicted molar refractivity (Wildman–Crippen MR) is 128 cm³/mol. The zero-order valence-corrected chi connectivity index (χ0v) is 18.3. The third kappa shape index (κ3) is 3.54. The third-order valence-electron chi connectivity index (χ3n) is 5.75. The molecular formula is C28H24N2O2. The summed E-state index contributed by atoms with van der Waals surface area (Å²) in [6.07, 6.45) is 0. The summed E-state index contributed by atoms with van der Waals surface area (Å²) < 4.78 is 5.67. The molecule has 0 spiro atoms. The van der Waals surface area contributed by atoms with Crippen molar-refractivity contribution >= 4 is 10.8 Å². The topological polar surface area (TPSA) is 59.2 Å². The van der Waals surface area contributed by atoms with Gasteiger partial charge >= 0.3 is 0 Å². The van der Waals surface area contributed by atoms with Crippen LogP contribution in [0.3, 0.4) is 0 Å². The Kier molecular flexibility index (Phi) is 4.78. The van der Waals surface area contributed by atoms with Crippen molar-refractivity contribution in [3.05, 3.63) is 90.5 Å². The molecule has 0 aliphatic carbocycles. The molecule has 0 amide bonds. The molecule has 4 heteroatoms. The largest absolute Gasteiger partial charge is 0.506 e. The number of phenolic OH excluding ortho intramolecular Hbond substituents is 1. The Bertz CT molecular complexity index is 1410. The van der Waals surface area contributed by atoms with Gasteiger partial charge in [-0.3, -0.25) is 0 Å². The summed E-state index contributed by atoms with van der Waals surface area (Å²) in [4.78, 5) is 4.68. The standard InChI is InChI=1S/C28H24N2O2/c1-28(2,3)20-16-23(19-10-5-4-6-11-19)25(31)24(17-20)27-29-26(30-32-27)22-15-9-13-18-12-7-8-14-21(18)22/h4-17,31H,1-3H3. The van der Waals surface area contributed by atoms with E-state index in [-0.39, 0.29) is 11.2 Å². The fourth-order valence-electron chi connectivity index (χ4n) is 3.93. The van der Waals surface area contributed by atoms with E-state index >= 15 is 0 Å². The minimum atomic E-state index is -0.121. The van der Waals surface area contributed by atoms with Gasteiger partial charge in [0.25, 0.3) is 5.89 Å². The van der Waals surface area contributed by atoms with Crippen molar-refractivity contribution < 1.29 is 9.63 Å². The molecule has 0 aliphatic rings. The summed E-state index contributed by atoms with van der Waals surface area (Å²) in [5.41, 5.74) is 4.08. The van der Waals surface area contributed by atoms with Crippen LogP contribution in [-0.2, 0) is 5.41 Å². The average molecular weight is 421 g/mol. The molecule has 4 aromatic carbocycles. The number of nitrogens with zero attached hydrogens (tertiary/aromatic N) is 2. The Morgan fingerprint density at radius 2 is 1.44 bits per heavy atom. The van der Waals surface area contributed by atoms with Crippen molar-refractivity contribution in [3.8, 4) is 39.7 Å². The van der Waals surface area contributed by atoms with Crippen molar-refractivity contribution in [2.45, 2.75) is 26.2 Å². The maximum absolute atomic E-state index is 11.2. The molecule has 5 aromatic rings. The molecular weight excluding hydrogens is 396 g/mol. The maximum Gasteiger partial charge on any atom is 0.262 e. The van der Waals surface area contributed by atoms with E-state index in [9.17, 15) is 5.11 Å². The van der Waals surface area contributed by atoms with Gasteiger partial charge in [0.1, 0.15) is 5.75 Å². The lowest BCUT2D eigenvalue weighted by Gasteiger charge is -2.22. The molecule has 1 N–H and O–H groups in total. The van der Waals surface area contributed by atoms with Crippen LogP contribution < -0.4 is 0 Å². The van der Waals surface area contributed by atoms with Crippen LogP contribution in [0.15, 0.2) is 89.5 Å². The quantitative estimate of drug-likeness (QED) is 0.334. The summed E-state index contributed by atoms with van der Waals surface area (Å²) in [5.74, 6) is 0.935. The van der Waals surface area contributed by atoms with Crippen molar-refractivity contribution in [1.82, 2.24) is 10.1 Å². The molecule has 32 heavy (non-hydrogen) atoms. The van der Waals surface area contributed by atoms with Crippen molar-refractivity contribution in [3.63, 3.8) is 0 Å². The summed E-state index contributed by atoms with van der Waals surface area (Å²) in [5, 5.41) is 17.6. The lowest BCUT2D eigenvalue weighted by molar-refractivity contribution is 0.425. The molecule has 0 bridgehead atoms. The summed E-state index contributed by atoms with van der Waals surface area (Å²) >= 11 is 0. The molecule has 0 fully saturated rings. The van der Waals surface area contributed by atoms with Crippen LogP contribution in [0.5, 0.6) is 5.75 Å². The van der Waals surface area contributed by atoms with Gasteiger partial charge in [-0.05, 0) is 39.4 Å². The van der Waals surface area contributed by atoms with Crippen LogP contribution in [-0.4, -0.2) is 15.2 Å². The molecule has 1 heterocycles. The van der Waals surface area contributed by atoms with Gasteiger partial charge in [-0.1, -0.05) is 98.7 Å². The highest BCUT2D eigenvalue weighted by Crippen LogP contribution is 2.42. The van der Waals surface area contributed by atoms with E-state index in [1.165, 1.54) is 0 Å². The van der Waals surface area contributed by atoms with E-state index < -0.39 is 0 Å². The van der Waals surface area contributed by atoms with Gasteiger partial charge in [0.15, 0.2) is 0 Å². The van der Waals surface area contributed by atoms with Crippen LogP contribution in [0.25, 0.3) is 44.7 Å². The van der Waals surface area contributed by atoms with Crippen molar-refractivity contribution in [2.24, 2.45) is 0 Å². The molecule has 1 aromatic heterocycles. The first kappa shape index (κ1) is 20.0. The van der Waals surface area contributed by atoms with Gasteiger partial charge in [0.2, 0.25) is 5.82 Å². The number of rotatable bonds is 3. The number of hydrogen-bond acceptors (Lipinski definition) is 4. The van der Waals surface area contributed by atoms with Gasteiger partial charge in [0, 0.05) is 11.1 Å². The first-order valence-corrected chi connectivity index (χ1v) is 10.7. The van der Waals surface area contributed by atoms with Gasteiger partial charge in [-0.2, -0.15) is 4.98 Å².